The fourth-order valence-electron chi connectivity index (χ4n) is 4.82. The van der Waals surface area contributed by atoms with Crippen molar-refractivity contribution in [3.63, 3.8) is 0 Å². The molecule has 0 bridgehead atoms. The third-order valence-corrected chi connectivity index (χ3v) is 10.5. The van der Waals surface area contributed by atoms with Crippen LogP contribution in [0.5, 0.6) is 0 Å². The minimum atomic E-state index is -4.32. The number of halogens is 3. The van der Waals surface area contributed by atoms with Crippen LogP contribution in [-0.4, -0.2) is 43.8 Å². The zero-order chi connectivity index (χ0) is 33.4. The number of carbonyl (C=O) groups excluding carboxylic acids is 2. The lowest BCUT2D eigenvalue weighted by Gasteiger charge is -2.34. The molecule has 0 saturated heterocycles. The standard InChI is InChI=1S/C35H36Cl3N3O4S/c1-4-25(3)39-35(43)32(21-26-9-6-5-7-10-26)40(22-27-15-17-28(36)18-16-27)33(42)23-41(31-12-8-11-30(37)34(31)38)46(44,45)29-19-13-24(2)14-20-29/h5-20,25,32H,4,21-23H2,1-3H3,(H,39,43)/t25-,32+/m1/s1. The maximum Gasteiger partial charge on any atom is 0.264 e. The summed E-state index contributed by atoms with van der Waals surface area (Å²) in [5.74, 6) is -0.962. The fraction of sp³-hybridized carbons (Fsp3) is 0.257. The van der Waals surface area contributed by atoms with Crippen LogP contribution in [0.1, 0.15) is 37.0 Å². The normalized spacial score (nSPS) is 12.7. The van der Waals surface area contributed by atoms with Crippen LogP contribution in [0.4, 0.5) is 5.69 Å². The van der Waals surface area contributed by atoms with E-state index in [1.807, 2.05) is 51.1 Å². The molecule has 0 spiro atoms. The van der Waals surface area contributed by atoms with Gasteiger partial charge >= 0.3 is 0 Å². The Morgan fingerprint density at radius 3 is 2.11 bits per heavy atom. The second-order valence-electron chi connectivity index (χ2n) is 11.1. The van der Waals surface area contributed by atoms with Gasteiger partial charge in [-0.15, -0.1) is 0 Å². The van der Waals surface area contributed by atoms with Gasteiger partial charge in [-0.3, -0.25) is 13.9 Å². The lowest BCUT2D eigenvalue weighted by Crippen LogP contribution is -2.54. The van der Waals surface area contributed by atoms with Crippen LogP contribution in [0, 0.1) is 6.92 Å². The van der Waals surface area contributed by atoms with E-state index in [1.54, 1.807) is 42.5 Å². The van der Waals surface area contributed by atoms with E-state index in [0.717, 1.165) is 15.4 Å². The monoisotopic (exact) mass is 699 g/mol. The highest BCUT2D eigenvalue weighted by Crippen LogP contribution is 2.35. The van der Waals surface area contributed by atoms with Gasteiger partial charge in [0.2, 0.25) is 11.8 Å². The first-order valence-corrected chi connectivity index (χ1v) is 17.4. The molecule has 242 valence electrons. The van der Waals surface area contributed by atoms with Gasteiger partial charge in [0.15, 0.2) is 0 Å². The number of aryl methyl sites for hydroxylation is 1. The number of carbonyl (C=O) groups is 2. The summed E-state index contributed by atoms with van der Waals surface area (Å²) in [4.78, 5) is 29.9. The van der Waals surface area contributed by atoms with Crippen molar-refractivity contribution < 1.29 is 18.0 Å². The summed E-state index contributed by atoms with van der Waals surface area (Å²) in [6.07, 6.45) is 0.885. The van der Waals surface area contributed by atoms with Gasteiger partial charge in [0, 0.05) is 24.0 Å². The number of rotatable bonds is 13. The maximum atomic E-state index is 14.6. The number of sulfonamides is 1. The van der Waals surface area contributed by atoms with Gasteiger partial charge < -0.3 is 10.2 Å². The summed E-state index contributed by atoms with van der Waals surface area (Å²) in [7, 11) is -4.32. The van der Waals surface area contributed by atoms with Crippen molar-refractivity contribution in [3.05, 3.63) is 129 Å². The van der Waals surface area contributed by atoms with E-state index in [9.17, 15) is 18.0 Å². The Morgan fingerprint density at radius 2 is 1.48 bits per heavy atom. The lowest BCUT2D eigenvalue weighted by molar-refractivity contribution is -0.140. The molecule has 0 saturated carbocycles. The number of amides is 2. The topological polar surface area (TPSA) is 86.8 Å². The highest BCUT2D eigenvalue weighted by atomic mass is 35.5. The average molecular weight is 701 g/mol. The van der Waals surface area contributed by atoms with Crippen LogP contribution >= 0.6 is 34.8 Å². The van der Waals surface area contributed by atoms with Crippen molar-refractivity contribution in [1.29, 1.82) is 0 Å². The van der Waals surface area contributed by atoms with E-state index >= 15 is 0 Å². The van der Waals surface area contributed by atoms with Gasteiger partial charge in [0.25, 0.3) is 10.0 Å². The van der Waals surface area contributed by atoms with Gasteiger partial charge in [-0.1, -0.05) is 108 Å². The Kier molecular flexibility index (Phi) is 12.1. The first-order valence-electron chi connectivity index (χ1n) is 14.8. The summed E-state index contributed by atoms with van der Waals surface area (Å²) in [5, 5.41) is 3.64. The second kappa shape index (κ2) is 15.8. The molecule has 0 aliphatic rings. The van der Waals surface area contributed by atoms with Gasteiger partial charge in [-0.25, -0.2) is 8.42 Å². The third-order valence-electron chi connectivity index (χ3n) is 7.63. The highest BCUT2D eigenvalue weighted by molar-refractivity contribution is 7.92. The Balaban J connectivity index is 1.83. The van der Waals surface area contributed by atoms with Crippen molar-refractivity contribution >= 4 is 62.3 Å². The minimum Gasteiger partial charge on any atom is -0.352 e. The molecule has 0 heterocycles. The van der Waals surface area contributed by atoms with E-state index < -0.39 is 28.5 Å². The molecule has 4 rings (SSSR count). The van der Waals surface area contributed by atoms with Crippen molar-refractivity contribution in [3.8, 4) is 0 Å². The number of nitrogens with zero attached hydrogens (tertiary/aromatic N) is 2. The van der Waals surface area contributed by atoms with Crippen LogP contribution < -0.4 is 9.62 Å². The van der Waals surface area contributed by atoms with Crippen LogP contribution in [0.25, 0.3) is 0 Å². The van der Waals surface area contributed by atoms with Crippen molar-refractivity contribution in [2.24, 2.45) is 0 Å². The summed E-state index contributed by atoms with van der Waals surface area (Å²) in [5.41, 5.74) is 2.45. The summed E-state index contributed by atoms with van der Waals surface area (Å²) in [6.45, 7) is 5.06. The van der Waals surface area contributed by atoms with E-state index in [-0.39, 0.29) is 45.5 Å². The molecule has 1 N–H and O–H groups in total. The van der Waals surface area contributed by atoms with Gasteiger partial charge in [0.1, 0.15) is 12.6 Å². The van der Waals surface area contributed by atoms with Crippen molar-refractivity contribution in [2.45, 2.75) is 57.1 Å². The smallest absolute Gasteiger partial charge is 0.264 e. The molecule has 0 aromatic heterocycles. The first-order chi connectivity index (χ1) is 21.9. The van der Waals surface area contributed by atoms with Gasteiger partial charge in [-0.05, 0) is 67.8 Å². The molecular formula is C35H36Cl3N3O4S. The molecule has 2 amide bonds. The van der Waals surface area contributed by atoms with Crippen LogP contribution in [0.15, 0.2) is 102 Å². The summed E-state index contributed by atoms with van der Waals surface area (Å²) < 4.78 is 29.4. The van der Waals surface area contributed by atoms with Crippen LogP contribution in [0.3, 0.4) is 0 Å². The number of nitrogens with one attached hydrogen (secondary N) is 1. The third kappa shape index (κ3) is 8.82. The average Bonchev–Trinajstić information content (AvgIpc) is 3.04. The molecule has 0 fully saturated rings. The molecule has 46 heavy (non-hydrogen) atoms. The predicted molar refractivity (Wildman–Crippen MR) is 186 cm³/mol. The molecule has 4 aromatic rings. The SMILES string of the molecule is CC[C@@H](C)NC(=O)[C@H](Cc1ccccc1)N(Cc1ccc(Cl)cc1)C(=O)CN(c1cccc(Cl)c1Cl)S(=O)(=O)c1ccc(C)cc1. The Bertz CT molecular complexity index is 1750. The van der Waals surface area contributed by atoms with Crippen molar-refractivity contribution in [1.82, 2.24) is 10.2 Å². The number of benzene rings is 4. The molecule has 7 nitrogen and oxygen atoms in total. The molecule has 4 aromatic carbocycles. The van der Waals surface area contributed by atoms with Gasteiger partial charge in [-0.2, -0.15) is 0 Å². The van der Waals surface area contributed by atoms with E-state index in [4.69, 9.17) is 34.8 Å². The Hall–Kier alpha value is -3.56. The largest absolute Gasteiger partial charge is 0.352 e. The van der Waals surface area contributed by atoms with E-state index in [0.29, 0.717) is 17.0 Å². The maximum absolute atomic E-state index is 14.6. The van der Waals surface area contributed by atoms with E-state index in [2.05, 4.69) is 5.32 Å². The highest BCUT2D eigenvalue weighted by Gasteiger charge is 2.35. The first kappa shape index (κ1) is 35.3. The Morgan fingerprint density at radius 1 is 0.826 bits per heavy atom. The Labute approximate surface area is 286 Å². The number of anilines is 1. The molecule has 0 aliphatic carbocycles. The molecule has 0 radical (unpaired) electrons. The van der Waals surface area contributed by atoms with Gasteiger partial charge in [0.05, 0.1) is 20.6 Å². The molecule has 0 unspecified atom stereocenters. The molecule has 2 atom stereocenters. The quantitative estimate of drug-likeness (QED) is 0.155. The van der Waals surface area contributed by atoms with Crippen LogP contribution in [0.2, 0.25) is 15.1 Å². The molecular weight excluding hydrogens is 665 g/mol. The lowest BCUT2D eigenvalue weighted by atomic mass is 10.0. The summed E-state index contributed by atoms with van der Waals surface area (Å²) >= 11 is 19.0. The zero-order valence-corrected chi connectivity index (χ0v) is 28.9. The predicted octanol–water partition coefficient (Wildman–Crippen LogP) is 7.71. The van der Waals surface area contributed by atoms with Crippen molar-refractivity contribution in [2.75, 3.05) is 10.8 Å². The minimum absolute atomic E-state index is 0.0170. The number of hydrogen-bond acceptors (Lipinski definition) is 4. The second-order valence-corrected chi connectivity index (χ2v) is 14.2. The molecule has 11 heteroatoms. The summed E-state index contributed by atoms with van der Waals surface area (Å²) in [6, 6.07) is 26.1. The fourth-order valence-corrected chi connectivity index (χ4v) is 6.82. The van der Waals surface area contributed by atoms with Crippen LogP contribution in [-0.2, 0) is 32.6 Å². The van der Waals surface area contributed by atoms with E-state index in [1.165, 1.54) is 29.2 Å². The number of hydrogen-bond donors (Lipinski definition) is 1. The molecule has 0 aliphatic heterocycles. The zero-order valence-electron chi connectivity index (χ0n) is 25.8.